The molecular formula is C26H25BrCl3N3O4S. The highest BCUT2D eigenvalue weighted by Gasteiger charge is 2.33. The van der Waals surface area contributed by atoms with Gasteiger partial charge in [0.05, 0.1) is 27.0 Å². The quantitative estimate of drug-likeness (QED) is 0.289. The van der Waals surface area contributed by atoms with E-state index in [2.05, 4.69) is 21.2 Å². The van der Waals surface area contributed by atoms with Crippen molar-refractivity contribution in [3.05, 3.63) is 97.4 Å². The van der Waals surface area contributed by atoms with E-state index in [1.165, 1.54) is 24.1 Å². The molecule has 0 radical (unpaired) electrons. The van der Waals surface area contributed by atoms with Gasteiger partial charge < -0.3 is 10.2 Å². The molecule has 0 heterocycles. The van der Waals surface area contributed by atoms with Crippen LogP contribution in [0.2, 0.25) is 15.1 Å². The summed E-state index contributed by atoms with van der Waals surface area (Å²) in [6.45, 7) is -0.567. The molecule has 3 aromatic carbocycles. The van der Waals surface area contributed by atoms with Crippen LogP contribution in [0.5, 0.6) is 0 Å². The smallest absolute Gasteiger partial charge is 0.244 e. The standard InChI is InChI=1S/C26H25BrCl3N3O4S/c1-31-26(35)24(12-17-7-4-3-5-8-17)32(15-18-9-6-10-19(27)11-18)25(34)16-33(38(2,36)37)23-14-21(29)20(28)13-22(23)30/h3-11,13-14,24H,12,15-16H2,1-2H3,(H,31,35)/t24-/m1/s1. The number of amides is 2. The number of nitrogens with one attached hydrogen (secondary N) is 1. The maximum absolute atomic E-state index is 13.9. The molecule has 202 valence electrons. The summed E-state index contributed by atoms with van der Waals surface area (Å²) in [5.74, 6) is -1.00. The third kappa shape index (κ3) is 7.86. The van der Waals surface area contributed by atoms with Crippen molar-refractivity contribution in [3.8, 4) is 0 Å². The maximum Gasteiger partial charge on any atom is 0.244 e. The van der Waals surface area contributed by atoms with Crippen LogP contribution in [0, 0.1) is 0 Å². The molecule has 0 saturated carbocycles. The lowest BCUT2D eigenvalue weighted by Gasteiger charge is -2.33. The second-order valence-electron chi connectivity index (χ2n) is 8.46. The Bertz CT molecular complexity index is 1420. The zero-order chi connectivity index (χ0) is 28.0. The van der Waals surface area contributed by atoms with Crippen molar-refractivity contribution in [1.82, 2.24) is 10.2 Å². The van der Waals surface area contributed by atoms with Crippen LogP contribution in [0.4, 0.5) is 5.69 Å². The van der Waals surface area contributed by atoms with Gasteiger partial charge in [-0.25, -0.2) is 8.42 Å². The van der Waals surface area contributed by atoms with Gasteiger partial charge in [0.15, 0.2) is 0 Å². The Hall–Kier alpha value is -2.30. The van der Waals surface area contributed by atoms with Crippen molar-refractivity contribution >= 4 is 78.3 Å². The van der Waals surface area contributed by atoms with Crippen molar-refractivity contribution in [2.75, 3.05) is 24.2 Å². The number of carbonyl (C=O) groups is 2. The molecule has 1 N–H and O–H groups in total. The number of hydrogen-bond donors (Lipinski definition) is 1. The molecule has 0 aliphatic heterocycles. The van der Waals surface area contributed by atoms with E-state index >= 15 is 0 Å². The summed E-state index contributed by atoms with van der Waals surface area (Å²) in [5, 5.41) is 2.84. The number of rotatable bonds is 10. The number of sulfonamides is 1. The van der Waals surface area contributed by atoms with Gasteiger partial charge in [-0.2, -0.15) is 0 Å². The molecule has 0 unspecified atom stereocenters. The van der Waals surface area contributed by atoms with Gasteiger partial charge in [0, 0.05) is 24.5 Å². The Kier molecular flexibility index (Phi) is 10.5. The molecule has 3 rings (SSSR count). The summed E-state index contributed by atoms with van der Waals surface area (Å²) in [6.07, 6.45) is 1.17. The van der Waals surface area contributed by atoms with Gasteiger partial charge in [-0.1, -0.05) is 93.2 Å². The molecule has 3 aromatic rings. The molecule has 0 saturated heterocycles. The van der Waals surface area contributed by atoms with Gasteiger partial charge in [0.1, 0.15) is 12.6 Å². The second-order valence-corrected chi connectivity index (χ2v) is 12.5. The number of anilines is 1. The molecule has 0 aliphatic carbocycles. The molecule has 0 aliphatic rings. The van der Waals surface area contributed by atoms with Gasteiger partial charge in [0.25, 0.3) is 0 Å². The lowest BCUT2D eigenvalue weighted by atomic mass is 10.0. The summed E-state index contributed by atoms with van der Waals surface area (Å²) in [5.41, 5.74) is 1.58. The van der Waals surface area contributed by atoms with E-state index in [0.717, 1.165) is 26.2 Å². The lowest BCUT2D eigenvalue weighted by Crippen LogP contribution is -2.52. The van der Waals surface area contributed by atoms with E-state index in [9.17, 15) is 18.0 Å². The van der Waals surface area contributed by atoms with Crippen LogP contribution in [0.3, 0.4) is 0 Å². The van der Waals surface area contributed by atoms with Crippen LogP contribution in [-0.2, 0) is 32.6 Å². The Morgan fingerprint density at radius 2 is 1.55 bits per heavy atom. The molecule has 12 heteroatoms. The van der Waals surface area contributed by atoms with E-state index < -0.39 is 34.4 Å². The summed E-state index contributed by atoms with van der Waals surface area (Å²) in [7, 11) is -2.51. The topological polar surface area (TPSA) is 86.8 Å². The molecule has 0 spiro atoms. The highest BCUT2D eigenvalue weighted by molar-refractivity contribution is 9.10. The predicted molar refractivity (Wildman–Crippen MR) is 156 cm³/mol. The highest BCUT2D eigenvalue weighted by atomic mass is 79.9. The number of benzene rings is 3. The maximum atomic E-state index is 13.9. The molecular weight excluding hydrogens is 637 g/mol. The Morgan fingerprint density at radius 3 is 2.16 bits per heavy atom. The monoisotopic (exact) mass is 659 g/mol. The molecule has 38 heavy (non-hydrogen) atoms. The average molecular weight is 662 g/mol. The molecule has 0 fully saturated rings. The average Bonchev–Trinajstić information content (AvgIpc) is 2.86. The van der Waals surface area contributed by atoms with Crippen LogP contribution >= 0.6 is 50.7 Å². The van der Waals surface area contributed by atoms with Crippen LogP contribution < -0.4 is 9.62 Å². The van der Waals surface area contributed by atoms with Crippen LogP contribution in [0.1, 0.15) is 11.1 Å². The number of hydrogen-bond acceptors (Lipinski definition) is 4. The fraction of sp³-hybridized carbons (Fsp3) is 0.231. The van der Waals surface area contributed by atoms with Gasteiger partial charge >= 0.3 is 0 Å². The zero-order valence-electron chi connectivity index (χ0n) is 20.5. The summed E-state index contributed by atoms with van der Waals surface area (Å²) in [4.78, 5) is 28.4. The first kappa shape index (κ1) is 30.2. The van der Waals surface area contributed by atoms with Crippen molar-refractivity contribution in [1.29, 1.82) is 0 Å². The van der Waals surface area contributed by atoms with E-state index in [1.807, 2.05) is 54.6 Å². The van der Waals surface area contributed by atoms with Crippen molar-refractivity contribution in [2.45, 2.75) is 19.0 Å². The predicted octanol–water partition coefficient (Wildman–Crippen LogP) is 5.56. The Labute approximate surface area is 245 Å². The highest BCUT2D eigenvalue weighted by Crippen LogP contribution is 2.35. The summed E-state index contributed by atoms with van der Waals surface area (Å²) < 4.78 is 27.3. The van der Waals surface area contributed by atoms with Gasteiger partial charge in [-0.05, 0) is 35.4 Å². The van der Waals surface area contributed by atoms with E-state index in [0.29, 0.717) is 0 Å². The minimum Gasteiger partial charge on any atom is -0.357 e. The van der Waals surface area contributed by atoms with Crippen molar-refractivity contribution in [3.63, 3.8) is 0 Å². The lowest BCUT2D eigenvalue weighted by molar-refractivity contribution is -0.139. The number of likely N-dealkylation sites (N-methyl/N-ethyl adjacent to an activating group) is 1. The molecule has 0 aromatic heterocycles. The first-order valence-corrected chi connectivity index (χ1v) is 15.1. The minimum atomic E-state index is -4.00. The van der Waals surface area contributed by atoms with Crippen LogP contribution in [0.15, 0.2) is 71.2 Å². The minimum absolute atomic E-state index is 0.00104. The normalized spacial score (nSPS) is 12.1. The van der Waals surface area contributed by atoms with Gasteiger partial charge in [-0.15, -0.1) is 0 Å². The van der Waals surface area contributed by atoms with E-state index in [4.69, 9.17) is 34.8 Å². The van der Waals surface area contributed by atoms with Crippen LogP contribution in [0.25, 0.3) is 0 Å². The Balaban J connectivity index is 2.07. The molecule has 0 bridgehead atoms. The van der Waals surface area contributed by atoms with Gasteiger partial charge in [-0.3, -0.25) is 13.9 Å². The number of carbonyl (C=O) groups excluding carboxylic acids is 2. The van der Waals surface area contributed by atoms with E-state index in [1.54, 1.807) is 0 Å². The fourth-order valence-corrected chi connectivity index (χ4v) is 5.84. The van der Waals surface area contributed by atoms with Crippen molar-refractivity contribution < 1.29 is 18.0 Å². The third-order valence-electron chi connectivity index (χ3n) is 5.70. The molecule has 2 amide bonds. The molecule has 1 atom stereocenters. The van der Waals surface area contributed by atoms with E-state index in [-0.39, 0.29) is 33.7 Å². The van der Waals surface area contributed by atoms with Gasteiger partial charge in [0.2, 0.25) is 21.8 Å². The second kappa shape index (κ2) is 13.2. The SMILES string of the molecule is CNC(=O)[C@@H](Cc1ccccc1)N(Cc1cccc(Br)c1)C(=O)CN(c1cc(Cl)c(Cl)cc1Cl)S(C)(=O)=O. The van der Waals surface area contributed by atoms with Crippen molar-refractivity contribution in [2.24, 2.45) is 0 Å². The summed E-state index contributed by atoms with van der Waals surface area (Å²) in [6, 6.07) is 18.2. The number of halogens is 4. The number of nitrogens with zero attached hydrogens (tertiary/aromatic N) is 2. The first-order chi connectivity index (χ1) is 17.9. The Morgan fingerprint density at radius 1 is 0.921 bits per heavy atom. The summed E-state index contributed by atoms with van der Waals surface area (Å²) >= 11 is 21.9. The molecule has 7 nitrogen and oxygen atoms in total. The fourth-order valence-electron chi connectivity index (χ4n) is 3.85. The largest absolute Gasteiger partial charge is 0.357 e. The first-order valence-electron chi connectivity index (χ1n) is 11.3. The third-order valence-corrected chi connectivity index (χ3v) is 8.34. The zero-order valence-corrected chi connectivity index (χ0v) is 25.2. The van der Waals surface area contributed by atoms with Crippen LogP contribution in [-0.4, -0.2) is 51.0 Å².